The van der Waals surface area contributed by atoms with Crippen molar-refractivity contribution >= 4 is 11.8 Å². The normalized spacial score (nSPS) is 14.8. The van der Waals surface area contributed by atoms with Crippen molar-refractivity contribution in [2.75, 3.05) is 19.6 Å². The molecule has 1 N–H and O–H groups in total. The van der Waals surface area contributed by atoms with E-state index in [9.17, 15) is 14.0 Å². The van der Waals surface area contributed by atoms with E-state index >= 15 is 0 Å². The molecule has 6 heteroatoms. The summed E-state index contributed by atoms with van der Waals surface area (Å²) in [4.78, 5) is 30.9. The van der Waals surface area contributed by atoms with Gasteiger partial charge in [-0.15, -0.1) is 0 Å². The van der Waals surface area contributed by atoms with Crippen LogP contribution in [0.15, 0.2) is 42.6 Å². The minimum absolute atomic E-state index is 0.0512. The lowest BCUT2D eigenvalue weighted by Crippen LogP contribution is -2.38. The van der Waals surface area contributed by atoms with Gasteiger partial charge in [0.2, 0.25) is 0 Å². The lowest BCUT2D eigenvalue weighted by atomic mass is 9.98. The molecule has 0 spiro atoms. The van der Waals surface area contributed by atoms with E-state index in [2.05, 4.69) is 17.2 Å². The topological polar surface area (TPSA) is 62.3 Å². The van der Waals surface area contributed by atoms with Gasteiger partial charge in [-0.05, 0) is 55.0 Å². The van der Waals surface area contributed by atoms with Crippen LogP contribution in [0.5, 0.6) is 0 Å². The number of hydrogen-bond acceptors (Lipinski definition) is 3. The highest BCUT2D eigenvalue weighted by Gasteiger charge is 2.22. The molecule has 2 aromatic rings. The molecule has 0 aliphatic carbocycles. The fraction of sp³-hybridized carbons (Fsp3) is 0.381. The van der Waals surface area contributed by atoms with Gasteiger partial charge in [0.1, 0.15) is 11.5 Å². The van der Waals surface area contributed by atoms with Crippen molar-refractivity contribution in [1.82, 2.24) is 15.2 Å². The maximum Gasteiger partial charge on any atom is 0.269 e. The highest BCUT2D eigenvalue weighted by Crippen LogP contribution is 2.18. The summed E-state index contributed by atoms with van der Waals surface area (Å²) in [5, 5.41) is 2.79. The minimum Gasteiger partial charge on any atom is -0.350 e. The van der Waals surface area contributed by atoms with Crippen molar-refractivity contribution in [3.63, 3.8) is 0 Å². The summed E-state index contributed by atoms with van der Waals surface area (Å²) in [7, 11) is 0. The van der Waals surface area contributed by atoms with E-state index in [1.54, 1.807) is 24.3 Å². The number of nitrogens with one attached hydrogen (secondary N) is 1. The van der Waals surface area contributed by atoms with Gasteiger partial charge in [-0.2, -0.15) is 0 Å². The van der Waals surface area contributed by atoms with Crippen molar-refractivity contribution in [1.29, 1.82) is 0 Å². The average Bonchev–Trinajstić information content (AvgIpc) is 2.69. The number of amides is 2. The fourth-order valence-corrected chi connectivity index (χ4v) is 3.14. The van der Waals surface area contributed by atoms with Crippen LogP contribution < -0.4 is 5.32 Å². The zero-order chi connectivity index (χ0) is 19.2. The van der Waals surface area contributed by atoms with Gasteiger partial charge in [-0.1, -0.05) is 19.1 Å². The molecule has 1 aromatic heterocycles. The molecule has 1 aliphatic heterocycles. The molecule has 0 radical (unpaired) electrons. The number of likely N-dealkylation sites (tertiary alicyclic amines) is 1. The minimum atomic E-state index is -0.320. The van der Waals surface area contributed by atoms with E-state index in [4.69, 9.17) is 0 Å². The summed E-state index contributed by atoms with van der Waals surface area (Å²) in [5.41, 5.74) is 1.65. The zero-order valence-corrected chi connectivity index (χ0v) is 15.5. The Balaban J connectivity index is 1.56. The van der Waals surface area contributed by atoms with Crippen LogP contribution >= 0.6 is 0 Å². The number of nitrogens with zero attached hydrogens (tertiary/aromatic N) is 2. The Morgan fingerprint density at radius 2 is 1.89 bits per heavy atom. The van der Waals surface area contributed by atoms with Crippen LogP contribution in [0, 0.1) is 11.7 Å². The molecule has 27 heavy (non-hydrogen) atoms. The first kappa shape index (κ1) is 19.0. The Bertz CT molecular complexity index is 799. The summed E-state index contributed by atoms with van der Waals surface area (Å²) in [6.45, 7) is 4.11. The van der Waals surface area contributed by atoms with Gasteiger partial charge in [0.25, 0.3) is 11.8 Å². The van der Waals surface area contributed by atoms with Crippen LogP contribution in [-0.4, -0.2) is 41.3 Å². The number of pyridine rings is 1. The predicted molar refractivity (Wildman–Crippen MR) is 101 cm³/mol. The van der Waals surface area contributed by atoms with E-state index < -0.39 is 0 Å². The molecule has 2 amide bonds. The molecule has 3 rings (SSSR count). The van der Waals surface area contributed by atoms with Crippen molar-refractivity contribution in [3.8, 4) is 0 Å². The number of carbonyl (C=O) groups is 2. The van der Waals surface area contributed by atoms with Gasteiger partial charge in [-0.3, -0.25) is 14.6 Å². The number of hydrogen-bond donors (Lipinski definition) is 1. The van der Waals surface area contributed by atoms with Crippen LogP contribution in [0.25, 0.3) is 0 Å². The Morgan fingerprint density at radius 1 is 1.19 bits per heavy atom. The standard InChI is InChI=1S/C21H24FN3O2/c1-15-8-12-25(13-9-15)21(27)17-7-11-23-19(14-17)20(26)24-10-6-16-2-4-18(22)5-3-16/h2-5,7,11,14-15H,6,8-10,12-13H2,1H3,(H,24,26). The summed E-state index contributed by atoms with van der Waals surface area (Å²) in [6.07, 6.45) is 4.10. The second-order valence-electron chi connectivity index (χ2n) is 7.04. The quantitative estimate of drug-likeness (QED) is 0.881. The molecule has 0 unspecified atom stereocenters. The number of piperidine rings is 1. The van der Waals surface area contributed by atoms with Crippen LogP contribution in [0.4, 0.5) is 4.39 Å². The van der Waals surface area contributed by atoms with Crippen molar-refractivity contribution in [2.45, 2.75) is 26.2 Å². The lowest BCUT2D eigenvalue weighted by Gasteiger charge is -2.30. The average molecular weight is 369 g/mol. The first-order chi connectivity index (χ1) is 13.0. The van der Waals surface area contributed by atoms with Gasteiger partial charge in [-0.25, -0.2) is 4.39 Å². The molecule has 0 bridgehead atoms. The Labute approximate surface area is 158 Å². The van der Waals surface area contributed by atoms with Crippen molar-refractivity contribution in [3.05, 3.63) is 65.2 Å². The van der Waals surface area contributed by atoms with Gasteiger partial charge in [0.05, 0.1) is 0 Å². The highest BCUT2D eigenvalue weighted by molar-refractivity contribution is 5.98. The zero-order valence-electron chi connectivity index (χ0n) is 15.5. The predicted octanol–water partition coefficient (Wildman–Crippen LogP) is 3.07. The first-order valence-electron chi connectivity index (χ1n) is 9.31. The fourth-order valence-electron chi connectivity index (χ4n) is 3.14. The second kappa shape index (κ2) is 8.75. The molecule has 142 valence electrons. The molecule has 1 aliphatic rings. The summed E-state index contributed by atoms with van der Waals surface area (Å²) in [6, 6.07) is 9.38. The van der Waals surface area contributed by atoms with Gasteiger partial charge < -0.3 is 10.2 Å². The summed E-state index contributed by atoms with van der Waals surface area (Å²) < 4.78 is 12.9. The summed E-state index contributed by atoms with van der Waals surface area (Å²) >= 11 is 0. The number of aromatic nitrogens is 1. The number of carbonyl (C=O) groups excluding carboxylic acids is 2. The molecule has 1 fully saturated rings. The maximum absolute atomic E-state index is 12.9. The van der Waals surface area contributed by atoms with Crippen LogP contribution in [0.3, 0.4) is 0 Å². The van der Waals surface area contributed by atoms with Crippen LogP contribution in [0.1, 0.15) is 46.2 Å². The third kappa shape index (κ3) is 5.12. The van der Waals surface area contributed by atoms with E-state index in [-0.39, 0.29) is 23.3 Å². The Kier molecular flexibility index (Phi) is 6.16. The van der Waals surface area contributed by atoms with Crippen LogP contribution in [-0.2, 0) is 6.42 Å². The van der Waals surface area contributed by atoms with Crippen LogP contribution in [0.2, 0.25) is 0 Å². The monoisotopic (exact) mass is 369 g/mol. The molecule has 2 heterocycles. The number of benzene rings is 1. The maximum atomic E-state index is 12.9. The molecule has 5 nitrogen and oxygen atoms in total. The third-order valence-corrected chi connectivity index (χ3v) is 4.92. The van der Waals surface area contributed by atoms with Gasteiger partial charge >= 0.3 is 0 Å². The lowest BCUT2D eigenvalue weighted by molar-refractivity contribution is 0.0697. The van der Waals surface area contributed by atoms with E-state index in [0.717, 1.165) is 31.5 Å². The van der Waals surface area contributed by atoms with Gasteiger partial charge in [0, 0.05) is 31.4 Å². The molecule has 1 aromatic carbocycles. The highest BCUT2D eigenvalue weighted by atomic mass is 19.1. The largest absolute Gasteiger partial charge is 0.350 e. The molecule has 0 atom stereocenters. The molecule has 0 saturated carbocycles. The number of rotatable bonds is 5. The molecular formula is C21H24FN3O2. The second-order valence-corrected chi connectivity index (χ2v) is 7.04. The Hall–Kier alpha value is -2.76. The van der Waals surface area contributed by atoms with E-state index in [1.807, 2.05) is 4.90 Å². The molecule has 1 saturated heterocycles. The Morgan fingerprint density at radius 3 is 2.59 bits per heavy atom. The smallest absolute Gasteiger partial charge is 0.269 e. The SMILES string of the molecule is CC1CCN(C(=O)c2ccnc(C(=O)NCCc3ccc(F)cc3)c2)CC1. The third-order valence-electron chi connectivity index (χ3n) is 4.92. The first-order valence-corrected chi connectivity index (χ1v) is 9.31. The summed E-state index contributed by atoms with van der Waals surface area (Å²) in [5.74, 6) is -0.00532. The van der Waals surface area contributed by atoms with Crippen molar-refractivity contribution < 1.29 is 14.0 Å². The number of halogens is 1. The van der Waals surface area contributed by atoms with Gasteiger partial charge in [0.15, 0.2) is 0 Å². The van der Waals surface area contributed by atoms with E-state index in [1.165, 1.54) is 18.3 Å². The van der Waals surface area contributed by atoms with Crippen molar-refractivity contribution in [2.24, 2.45) is 5.92 Å². The molecular weight excluding hydrogens is 345 g/mol. The van der Waals surface area contributed by atoms with E-state index in [0.29, 0.717) is 24.4 Å².